The third kappa shape index (κ3) is 5.71. The maximum Gasteiger partial charge on any atom is 0.414 e. The molecule has 2 aliphatic heterocycles. The molecule has 0 radical (unpaired) electrons. The summed E-state index contributed by atoms with van der Waals surface area (Å²) in [6, 6.07) is 8.59. The predicted octanol–water partition coefficient (Wildman–Crippen LogP) is 3.99. The molecule has 3 heterocycles. The van der Waals surface area contributed by atoms with Crippen LogP contribution >= 0.6 is 0 Å². The molecule has 1 unspecified atom stereocenters. The van der Waals surface area contributed by atoms with E-state index in [4.69, 9.17) is 9.47 Å². The van der Waals surface area contributed by atoms with Gasteiger partial charge in [0.1, 0.15) is 11.9 Å². The summed E-state index contributed by atoms with van der Waals surface area (Å²) in [5.74, 6) is 1.32. The van der Waals surface area contributed by atoms with Crippen molar-refractivity contribution in [3.63, 3.8) is 0 Å². The first-order valence-electron chi connectivity index (χ1n) is 11.7. The Labute approximate surface area is 185 Å². The number of aromatic amines is 1. The van der Waals surface area contributed by atoms with E-state index in [1.165, 1.54) is 0 Å². The number of likely N-dealkylation sites (N-methyl/N-ethyl adjacent to an activating group) is 1. The number of likely N-dealkylation sites (tertiary alicyclic amines) is 2. The van der Waals surface area contributed by atoms with Crippen molar-refractivity contribution in [1.82, 2.24) is 20.1 Å². The molecule has 170 valence electrons. The molecule has 1 aromatic heterocycles. The minimum absolute atomic E-state index is 0.146. The molecular weight excluding hydrogens is 392 g/mol. The third-order valence-electron chi connectivity index (χ3n) is 6.55. The molecule has 4 rings (SSSR count). The van der Waals surface area contributed by atoms with E-state index in [2.05, 4.69) is 40.9 Å². The highest BCUT2D eigenvalue weighted by Gasteiger charge is 2.23. The molecule has 1 atom stereocenters. The van der Waals surface area contributed by atoms with Crippen molar-refractivity contribution in [2.75, 3.05) is 32.7 Å². The van der Waals surface area contributed by atoms with Crippen LogP contribution in [-0.4, -0.2) is 71.8 Å². The van der Waals surface area contributed by atoms with Crippen LogP contribution in [0.4, 0.5) is 4.79 Å². The zero-order chi connectivity index (χ0) is 21.8. The summed E-state index contributed by atoms with van der Waals surface area (Å²) < 4.78 is 11.8. The number of amides is 1. The topological polar surface area (TPSA) is 69.8 Å². The molecule has 1 amide bonds. The van der Waals surface area contributed by atoms with Gasteiger partial charge in [0, 0.05) is 48.7 Å². The number of H-pyrrole nitrogens is 1. The Balaban J connectivity index is 1.32. The number of ether oxygens (including phenoxy) is 2. The second-order valence-corrected chi connectivity index (χ2v) is 9.10. The Hall–Kier alpha value is -2.25. The van der Waals surface area contributed by atoms with Crippen LogP contribution in [0.3, 0.4) is 0 Å². The second-order valence-electron chi connectivity index (χ2n) is 9.10. The standard InChI is InChI=1S/C24H36N4O3/c1-4-27-11-5-6-19(16-27)25-24(29)31-23-15-18-14-21(7-8-22(18)26-23)30-20-9-12-28(13-10-20)17(2)3/h7-8,14-15,17,19-20,26H,4-6,9-13,16H2,1-3H3,(H,25,29). The van der Waals surface area contributed by atoms with Crippen molar-refractivity contribution in [2.45, 2.75) is 64.6 Å². The number of aromatic nitrogens is 1. The summed E-state index contributed by atoms with van der Waals surface area (Å²) in [6.45, 7) is 11.8. The molecule has 1 aromatic carbocycles. The van der Waals surface area contributed by atoms with E-state index in [1.807, 2.05) is 24.3 Å². The number of hydrogen-bond donors (Lipinski definition) is 2. The normalized spacial score (nSPS) is 21.5. The van der Waals surface area contributed by atoms with Gasteiger partial charge in [-0.15, -0.1) is 0 Å². The van der Waals surface area contributed by atoms with E-state index in [0.29, 0.717) is 11.9 Å². The summed E-state index contributed by atoms with van der Waals surface area (Å²) in [5, 5.41) is 3.98. The molecule has 7 heteroatoms. The molecule has 2 saturated heterocycles. The summed E-state index contributed by atoms with van der Waals surface area (Å²) in [6.07, 6.45) is 4.05. The minimum atomic E-state index is -0.400. The van der Waals surface area contributed by atoms with Crippen LogP contribution in [0.25, 0.3) is 10.9 Å². The molecule has 31 heavy (non-hydrogen) atoms. The SMILES string of the molecule is CCN1CCCC(NC(=O)Oc2cc3cc(OC4CCN(C(C)C)CC4)ccc3[nH]2)C1. The van der Waals surface area contributed by atoms with E-state index < -0.39 is 6.09 Å². The van der Waals surface area contributed by atoms with Crippen LogP contribution in [0.2, 0.25) is 0 Å². The largest absolute Gasteiger partial charge is 0.490 e. The van der Waals surface area contributed by atoms with Crippen LogP contribution in [0.15, 0.2) is 24.3 Å². The molecule has 0 spiro atoms. The van der Waals surface area contributed by atoms with E-state index in [0.717, 1.165) is 75.1 Å². The number of benzene rings is 1. The summed E-state index contributed by atoms with van der Waals surface area (Å²) in [5.41, 5.74) is 0.930. The number of carbonyl (C=O) groups is 1. The maximum absolute atomic E-state index is 12.4. The molecule has 7 nitrogen and oxygen atoms in total. The van der Waals surface area contributed by atoms with Crippen LogP contribution in [0, 0.1) is 0 Å². The highest BCUT2D eigenvalue weighted by Crippen LogP contribution is 2.27. The van der Waals surface area contributed by atoms with Gasteiger partial charge in [-0.3, -0.25) is 0 Å². The number of nitrogens with one attached hydrogen (secondary N) is 2. The first-order chi connectivity index (χ1) is 15.0. The lowest BCUT2D eigenvalue weighted by molar-refractivity contribution is 0.0844. The Bertz CT molecular complexity index is 873. The quantitative estimate of drug-likeness (QED) is 0.728. The number of rotatable bonds is 6. The lowest BCUT2D eigenvalue weighted by atomic mass is 10.1. The average molecular weight is 429 g/mol. The lowest BCUT2D eigenvalue weighted by Gasteiger charge is -2.34. The monoisotopic (exact) mass is 428 g/mol. The molecule has 2 N–H and O–H groups in total. The molecule has 2 aromatic rings. The fourth-order valence-corrected chi connectivity index (χ4v) is 4.67. The number of carbonyl (C=O) groups excluding carboxylic acids is 1. The van der Waals surface area contributed by atoms with Crippen molar-refractivity contribution >= 4 is 17.0 Å². The van der Waals surface area contributed by atoms with Gasteiger partial charge in [-0.2, -0.15) is 0 Å². The van der Waals surface area contributed by atoms with Gasteiger partial charge in [-0.25, -0.2) is 4.79 Å². The van der Waals surface area contributed by atoms with Gasteiger partial charge >= 0.3 is 6.09 Å². The van der Waals surface area contributed by atoms with Gasteiger partial charge in [0.2, 0.25) is 5.88 Å². The van der Waals surface area contributed by atoms with E-state index in [-0.39, 0.29) is 12.1 Å². The van der Waals surface area contributed by atoms with Crippen molar-refractivity contribution in [3.05, 3.63) is 24.3 Å². The van der Waals surface area contributed by atoms with Crippen molar-refractivity contribution < 1.29 is 14.3 Å². The van der Waals surface area contributed by atoms with Crippen LogP contribution in [-0.2, 0) is 0 Å². The van der Waals surface area contributed by atoms with Crippen LogP contribution < -0.4 is 14.8 Å². The third-order valence-corrected chi connectivity index (χ3v) is 6.55. The first-order valence-corrected chi connectivity index (χ1v) is 11.7. The van der Waals surface area contributed by atoms with Crippen molar-refractivity contribution in [3.8, 4) is 11.6 Å². The Morgan fingerprint density at radius 1 is 1.19 bits per heavy atom. The molecule has 0 bridgehead atoms. The molecule has 0 aliphatic carbocycles. The summed E-state index contributed by atoms with van der Waals surface area (Å²) in [7, 11) is 0. The molecule has 2 aliphatic rings. The van der Waals surface area contributed by atoms with Gasteiger partial charge in [0.15, 0.2) is 0 Å². The Kier molecular flexibility index (Phi) is 7.02. The number of piperidine rings is 2. The smallest absolute Gasteiger partial charge is 0.414 e. The second kappa shape index (κ2) is 9.92. The fourth-order valence-electron chi connectivity index (χ4n) is 4.67. The van der Waals surface area contributed by atoms with Crippen molar-refractivity contribution in [1.29, 1.82) is 0 Å². The fraction of sp³-hybridized carbons (Fsp3) is 0.625. The van der Waals surface area contributed by atoms with Gasteiger partial charge in [0.25, 0.3) is 0 Å². The average Bonchev–Trinajstić information content (AvgIpc) is 3.15. The predicted molar refractivity (Wildman–Crippen MR) is 123 cm³/mol. The number of fused-ring (bicyclic) bond motifs is 1. The van der Waals surface area contributed by atoms with Crippen LogP contribution in [0.1, 0.15) is 46.5 Å². The molecular formula is C24H36N4O3. The van der Waals surface area contributed by atoms with Crippen LogP contribution in [0.5, 0.6) is 11.6 Å². The lowest BCUT2D eigenvalue weighted by Crippen LogP contribution is -2.48. The molecule has 0 saturated carbocycles. The van der Waals surface area contributed by atoms with Gasteiger partial charge < -0.3 is 29.6 Å². The van der Waals surface area contributed by atoms with E-state index >= 15 is 0 Å². The van der Waals surface area contributed by atoms with Crippen molar-refractivity contribution in [2.24, 2.45) is 0 Å². The molecule has 2 fully saturated rings. The van der Waals surface area contributed by atoms with E-state index in [1.54, 1.807) is 0 Å². The summed E-state index contributed by atoms with van der Waals surface area (Å²) in [4.78, 5) is 20.4. The van der Waals surface area contributed by atoms with Gasteiger partial charge in [0.05, 0.1) is 0 Å². The highest BCUT2D eigenvalue weighted by molar-refractivity contribution is 5.84. The van der Waals surface area contributed by atoms with Gasteiger partial charge in [-0.05, 0) is 70.8 Å². The zero-order valence-electron chi connectivity index (χ0n) is 19.0. The zero-order valence-corrected chi connectivity index (χ0v) is 19.0. The minimum Gasteiger partial charge on any atom is -0.490 e. The number of hydrogen-bond acceptors (Lipinski definition) is 5. The summed E-state index contributed by atoms with van der Waals surface area (Å²) >= 11 is 0. The van der Waals surface area contributed by atoms with Gasteiger partial charge in [-0.1, -0.05) is 6.92 Å². The van der Waals surface area contributed by atoms with E-state index in [9.17, 15) is 4.79 Å². The number of nitrogens with zero attached hydrogens (tertiary/aromatic N) is 2. The Morgan fingerprint density at radius 3 is 2.74 bits per heavy atom. The first kappa shape index (κ1) is 22.0. The Morgan fingerprint density at radius 2 is 2.00 bits per heavy atom. The maximum atomic E-state index is 12.4. The highest BCUT2D eigenvalue weighted by atomic mass is 16.6.